The first kappa shape index (κ1) is 19.6. The summed E-state index contributed by atoms with van der Waals surface area (Å²) in [7, 11) is -1.86. The van der Waals surface area contributed by atoms with Crippen molar-refractivity contribution in [3.8, 4) is 0 Å². The van der Waals surface area contributed by atoms with Crippen LogP contribution in [0.5, 0.6) is 0 Å². The van der Waals surface area contributed by atoms with Crippen LogP contribution in [0, 0.1) is 0 Å². The molecule has 0 aromatic rings. The van der Waals surface area contributed by atoms with Gasteiger partial charge in [-0.2, -0.15) is 4.31 Å². The van der Waals surface area contributed by atoms with E-state index in [1.165, 1.54) is 7.05 Å². The van der Waals surface area contributed by atoms with Crippen molar-refractivity contribution in [2.24, 2.45) is 0 Å². The zero-order valence-electron chi connectivity index (χ0n) is 12.1. The Morgan fingerprint density at radius 3 is 2.50 bits per heavy atom. The van der Waals surface area contributed by atoms with Crippen molar-refractivity contribution in [3.63, 3.8) is 0 Å². The molecule has 0 saturated carbocycles. The van der Waals surface area contributed by atoms with E-state index in [9.17, 15) is 13.2 Å². The third-order valence-corrected chi connectivity index (χ3v) is 4.97. The Hall–Kier alpha value is -0.410. The van der Waals surface area contributed by atoms with E-state index in [2.05, 4.69) is 15.5 Å². The van der Waals surface area contributed by atoms with Gasteiger partial charge >= 0.3 is 0 Å². The van der Waals surface area contributed by atoms with Crippen LogP contribution in [0.15, 0.2) is 0 Å². The molecule has 0 aliphatic carbocycles. The molecule has 0 aromatic heterocycles. The first-order chi connectivity index (χ1) is 8.95. The average molecular weight is 329 g/mol. The number of likely N-dealkylation sites (N-methyl/N-ethyl adjacent to an activating group) is 1. The summed E-state index contributed by atoms with van der Waals surface area (Å²) in [6.07, 6.45) is 0. The van der Waals surface area contributed by atoms with Gasteiger partial charge in [-0.15, -0.1) is 12.4 Å². The molecule has 1 amide bonds. The topological polar surface area (TPSA) is 81.8 Å². The summed E-state index contributed by atoms with van der Waals surface area (Å²) in [6.45, 7) is 6.74. The van der Waals surface area contributed by atoms with Gasteiger partial charge in [0.25, 0.3) is 0 Å². The van der Waals surface area contributed by atoms with Crippen molar-refractivity contribution in [1.82, 2.24) is 19.8 Å². The molecule has 0 spiro atoms. The molecule has 1 fully saturated rings. The second-order valence-corrected chi connectivity index (χ2v) is 6.96. The monoisotopic (exact) mass is 328 g/mol. The molecule has 0 atom stereocenters. The number of piperazine rings is 1. The number of nitrogens with zero attached hydrogens (tertiary/aromatic N) is 2. The Bertz CT molecular complexity index is 385. The highest BCUT2D eigenvalue weighted by Gasteiger charge is 2.18. The molecule has 20 heavy (non-hydrogen) atoms. The molecule has 1 rings (SSSR count). The fraction of sp³-hybridized carbons (Fsp3) is 0.909. The molecule has 0 unspecified atom stereocenters. The molecule has 1 saturated heterocycles. The van der Waals surface area contributed by atoms with Crippen LogP contribution >= 0.6 is 12.4 Å². The molecule has 0 aromatic carbocycles. The predicted octanol–water partition coefficient (Wildman–Crippen LogP) is -1.29. The standard InChI is InChI=1S/C11H24N4O3S.ClH/c1-3-19(17,18)14(2)10-11(16)13-6-9-15-7-4-12-5-8-15;/h12H,3-10H2,1-2H3,(H,13,16);1H. The van der Waals surface area contributed by atoms with Crippen molar-refractivity contribution in [1.29, 1.82) is 0 Å². The number of nitrogens with one attached hydrogen (secondary N) is 2. The minimum absolute atomic E-state index is 0. The van der Waals surface area contributed by atoms with E-state index in [0.29, 0.717) is 6.54 Å². The van der Waals surface area contributed by atoms with E-state index in [0.717, 1.165) is 37.0 Å². The van der Waals surface area contributed by atoms with E-state index in [1.807, 2.05) is 0 Å². The number of hydrogen-bond donors (Lipinski definition) is 2. The molecule has 1 aliphatic heterocycles. The fourth-order valence-electron chi connectivity index (χ4n) is 1.87. The van der Waals surface area contributed by atoms with E-state index < -0.39 is 10.0 Å². The SMILES string of the molecule is CCS(=O)(=O)N(C)CC(=O)NCCN1CCNCC1.Cl. The lowest BCUT2D eigenvalue weighted by Gasteiger charge is -2.27. The lowest BCUT2D eigenvalue weighted by atomic mass is 10.3. The van der Waals surface area contributed by atoms with Crippen molar-refractivity contribution in [2.75, 3.05) is 58.6 Å². The molecular formula is C11H25ClN4O3S. The molecule has 1 aliphatic rings. The summed E-state index contributed by atoms with van der Waals surface area (Å²) in [5.41, 5.74) is 0. The van der Waals surface area contributed by atoms with Crippen LogP contribution < -0.4 is 10.6 Å². The summed E-state index contributed by atoms with van der Waals surface area (Å²) in [5, 5.41) is 6.01. The Morgan fingerprint density at radius 1 is 1.35 bits per heavy atom. The Balaban J connectivity index is 0.00000361. The second-order valence-electron chi connectivity index (χ2n) is 4.60. The van der Waals surface area contributed by atoms with E-state index in [1.54, 1.807) is 6.92 Å². The van der Waals surface area contributed by atoms with Gasteiger partial charge in [-0.1, -0.05) is 0 Å². The smallest absolute Gasteiger partial charge is 0.235 e. The van der Waals surface area contributed by atoms with E-state index >= 15 is 0 Å². The number of amides is 1. The minimum atomic E-state index is -3.28. The number of rotatable bonds is 7. The number of halogens is 1. The summed E-state index contributed by atoms with van der Waals surface area (Å²) < 4.78 is 24.1. The maximum absolute atomic E-state index is 11.6. The van der Waals surface area contributed by atoms with Crippen LogP contribution in [0.1, 0.15) is 6.92 Å². The largest absolute Gasteiger partial charge is 0.354 e. The first-order valence-corrected chi connectivity index (χ1v) is 8.20. The lowest BCUT2D eigenvalue weighted by Crippen LogP contribution is -2.47. The van der Waals surface area contributed by atoms with Crippen LogP contribution in [-0.2, 0) is 14.8 Å². The fourth-order valence-corrected chi connectivity index (χ4v) is 2.62. The van der Waals surface area contributed by atoms with Gasteiger partial charge in [-0.05, 0) is 6.92 Å². The van der Waals surface area contributed by atoms with Crippen molar-refractivity contribution >= 4 is 28.3 Å². The Labute approximate surface area is 127 Å². The number of carbonyl (C=O) groups excluding carboxylic acids is 1. The van der Waals surface area contributed by atoms with Gasteiger partial charge < -0.3 is 10.6 Å². The number of sulfonamides is 1. The van der Waals surface area contributed by atoms with Crippen LogP contribution in [0.25, 0.3) is 0 Å². The summed E-state index contributed by atoms with van der Waals surface area (Å²) in [6, 6.07) is 0. The first-order valence-electron chi connectivity index (χ1n) is 6.59. The van der Waals surface area contributed by atoms with Crippen LogP contribution in [0.3, 0.4) is 0 Å². The van der Waals surface area contributed by atoms with Gasteiger partial charge in [0, 0.05) is 46.3 Å². The van der Waals surface area contributed by atoms with Crippen molar-refractivity contribution in [3.05, 3.63) is 0 Å². The molecule has 7 nitrogen and oxygen atoms in total. The van der Waals surface area contributed by atoms with E-state index in [4.69, 9.17) is 0 Å². The van der Waals surface area contributed by atoms with Crippen LogP contribution in [0.2, 0.25) is 0 Å². The second kappa shape index (κ2) is 9.51. The van der Waals surface area contributed by atoms with Gasteiger partial charge in [0.15, 0.2) is 0 Å². The highest BCUT2D eigenvalue weighted by molar-refractivity contribution is 7.89. The summed E-state index contributed by atoms with van der Waals surface area (Å²) >= 11 is 0. The molecule has 0 radical (unpaired) electrons. The third-order valence-electron chi connectivity index (χ3n) is 3.17. The Morgan fingerprint density at radius 2 is 1.95 bits per heavy atom. The number of hydrogen-bond acceptors (Lipinski definition) is 5. The normalized spacial score (nSPS) is 16.8. The average Bonchev–Trinajstić information content (AvgIpc) is 2.39. The Kier molecular flexibility index (Phi) is 9.32. The molecular weight excluding hydrogens is 304 g/mol. The van der Waals surface area contributed by atoms with Crippen LogP contribution in [-0.4, -0.2) is 82.1 Å². The summed E-state index contributed by atoms with van der Waals surface area (Å²) in [4.78, 5) is 13.9. The van der Waals surface area contributed by atoms with Gasteiger partial charge in [-0.3, -0.25) is 9.69 Å². The maximum atomic E-state index is 11.6. The molecule has 0 bridgehead atoms. The van der Waals surface area contributed by atoms with Gasteiger partial charge in [-0.25, -0.2) is 8.42 Å². The van der Waals surface area contributed by atoms with Crippen molar-refractivity contribution < 1.29 is 13.2 Å². The third kappa shape index (κ3) is 6.85. The van der Waals surface area contributed by atoms with E-state index in [-0.39, 0.29) is 30.6 Å². The molecule has 2 N–H and O–H groups in total. The van der Waals surface area contributed by atoms with Gasteiger partial charge in [0.2, 0.25) is 15.9 Å². The summed E-state index contributed by atoms with van der Waals surface area (Å²) in [5.74, 6) is -0.243. The zero-order valence-corrected chi connectivity index (χ0v) is 13.7. The quantitative estimate of drug-likeness (QED) is 0.608. The molecule has 9 heteroatoms. The minimum Gasteiger partial charge on any atom is -0.354 e. The van der Waals surface area contributed by atoms with Gasteiger partial charge in [0.05, 0.1) is 12.3 Å². The highest BCUT2D eigenvalue weighted by atomic mass is 35.5. The zero-order chi connectivity index (χ0) is 14.3. The van der Waals surface area contributed by atoms with Gasteiger partial charge in [0.1, 0.15) is 0 Å². The van der Waals surface area contributed by atoms with Crippen LogP contribution in [0.4, 0.5) is 0 Å². The maximum Gasteiger partial charge on any atom is 0.235 e. The highest BCUT2D eigenvalue weighted by Crippen LogP contribution is 1.96. The van der Waals surface area contributed by atoms with Crippen molar-refractivity contribution in [2.45, 2.75) is 6.92 Å². The number of carbonyl (C=O) groups is 1. The molecule has 1 heterocycles. The molecule has 120 valence electrons. The predicted molar refractivity (Wildman–Crippen MR) is 81.7 cm³/mol. The lowest BCUT2D eigenvalue weighted by molar-refractivity contribution is -0.121.